The third kappa shape index (κ3) is 7.71. The predicted molar refractivity (Wildman–Crippen MR) is 185 cm³/mol. The molecular formula is C38H42F3NO15. The molecule has 0 spiro atoms. The van der Waals surface area contributed by atoms with E-state index in [0.29, 0.717) is 0 Å². The lowest BCUT2D eigenvalue weighted by atomic mass is 9.72. The number of fused-ring (bicyclic) bond motifs is 3. The van der Waals surface area contributed by atoms with Gasteiger partial charge in [-0.25, -0.2) is 0 Å². The van der Waals surface area contributed by atoms with Crippen LogP contribution in [0.4, 0.5) is 13.2 Å². The fourth-order valence-corrected chi connectivity index (χ4v) is 8.07. The Morgan fingerprint density at radius 1 is 0.895 bits per heavy atom. The molecule has 6 rings (SSSR count). The summed E-state index contributed by atoms with van der Waals surface area (Å²) >= 11 is 0. The van der Waals surface area contributed by atoms with Gasteiger partial charge in [0.25, 0.3) is 0 Å². The van der Waals surface area contributed by atoms with Gasteiger partial charge in [0.2, 0.25) is 5.78 Å². The van der Waals surface area contributed by atoms with Gasteiger partial charge in [0.05, 0.1) is 48.2 Å². The van der Waals surface area contributed by atoms with E-state index in [9.17, 15) is 52.5 Å². The minimum atomic E-state index is -5.31. The van der Waals surface area contributed by atoms with Gasteiger partial charge < -0.3 is 53.8 Å². The molecule has 10 atom stereocenters. The van der Waals surface area contributed by atoms with Crippen molar-refractivity contribution in [2.75, 3.05) is 14.2 Å². The number of carbonyl (C=O) groups excluding carboxylic acids is 5. The van der Waals surface area contributed by atoms with Crippen LogP contribution in [0.2, 0.25) is 0 Å². The maximum Gasteiger partial charge on any atom is 0.471 e. The van der Waals surface area contributed by atoms with Crippen LogP contribution in [-0.4, -0.2) is 120 Å². The molecule has 19 heteroatoms. The number of rotatable bonds is 9. The number of ether oxygens (including phenoxy) is 7. The summed E-state index contributed by atoms with van der Waals surface area (Å²) < 4.78 is 81.2. The van der Waals surface area contributed by atoms with Crippen molar-refractivity contribution in [3.8, 4) is 17.2 Å². The quantitative estimate of drug-likeness (QED) is 0.180. The molecule has 0 aromatic heterocycles. The number of methoxy groups -OCH3 is 2. The first kappa shape index (κ1) is 42.0. The number of Topliss-reactive ketones (excluding diaryl/α,β-unsaturated/α-hetero) is 1. The van der Waals surface area contributed by atoms with Crippen LogP contribution in [0, 0.1) is 0 Å². The van der Waals surface area contributed by atoms with Crippen molar-refractivity contribution >= 4 is 29.2 Å². The van der Waals surface area contributed by atoms with Crippen LogP contribution in [0.25, 0.3) is 0 Å². The Bertz CT molecular complexity index is 1990. The predicted octanol–water partition coefficient (Wildman–Crippen LogP) is 2.85. The average molecular weight is 810 g/mol. The molecule has 4 N–H and O–H groups in total. The molecule has 1 amide bonds. The first-order valence-corrected chi connectivity index (χ1v) is 18.0. The zero-order valence-corrected chi connectivity index (χ0v) is 31.6. The highest BCUT2D eigenvalue weighted by atomic mass is 19.4. The molecule has 0 saturated carbocycles. The number of aliphatic hydroxyl groups is 1. The van der Waals surface area contributed by atoms with Gasteiger partial charge in [0.15, 0.2) is 30.3 Å². The highest BCUT2D eigenvalue weighted by Gasteiger charge is 2.51. The number of hydrogen-bond donors (Lipinski definition) is 4. The summed E-state index contributed by atoms with van der Waals surface area (Å²) in [5.74, 6) is -7.02. The molecular weight excluding hydrogens is 767 g/mol. The molecule has 2 fully saturated rings. The van der Waals surface area contributed by atoms with Crippen LogP contribution in [0.3, 0.4) is 0 Å². The molecule has 2 aliphatic heterocycles. The molecule has 2 aromatic rings. The fraction of sp³-hybridized carbons (Fsp3) is 0.553. The summed E-state index contributed by atoms with van der Waals surface area (Å²) in [5, 5.41) is 36.9. The highest BCUT2D eigenvalue weighted by Crippen LogP contribution is 2.52. The van der Waals surface area contributed by atoms with E-state index < -0.39 is 138 Å². The lowest BCUT2D eigenvalue weighted by Gasteiger charge is -2.46. The lowest BCUT2D eigenvalue weighted by molar-refractivity contribution is -0.306. The number of halogens is 3. The third-order valence-electron chi connectivity index (χ3n) is 10.8. The number of benzene rings is 2. The van der Waals surface area contributed by atoms with E-state index in [0.717, 1.165) is 6.92 Å². The second-order valence-electron chi connectivity index (χ2n) is 14.5. The van der Waals surface area contributed by atoms with Crippen LogP contribution < -0.4 is 10.1 Å². The van der Waals surface area contributed by atoms with E-state index in [1.807, 2.05) is 5.32 Å². The fourth-order valence-electron chi connectivity index (χ4n) is 8.07. The van der Waals surface area contributed by atoms with E-state index >= 15 is 0 Å². The summed E-state index contributed by atoms with van der Waals surface area (Å²) in [7, 11) is 2.63. The number of carbonyl (C=O) groups is 5. The monoisotopic (exact) mass is 809 g/mol. The number of alkyl halides is 3. The normalized spacial score (nSPS) is 31.1. The molecule has 0 bridgehead atoms. The Morgan fingerprint density at radius 2 is 1.53 bits per heavy atom. The Kier molecular flexibility index (Phi) is 11.5. The number of ketones is 3. The van der Waals surface area contributed by atoms with Crippen LogP contribution in [0.1, 0.15) is 96.0 Å². The van der Waals surface area contributed by atoms with Crippen molar-refractivity contribution < 1.29 is 85.6 Å². The number of hydrogen-bond acceptors (Lipinski definition) is 15. The van der Waals surface area contributed by atoms with Crippen LogP contribution in [0.5, 0.6) is 17.2 Å². The second-order valence-corrected chi connectivity index (χ2v) is 14.5. The molecule has 2 heterocycles. The zero-order chi connectivity index (χ0) is 41.9. The smallest absolute Gasteiger partial charge is 0.471 e. The summed E-state index contributed by atoms with van der Waals surface area (Å²) in [6.45, 7) is 5.27. The summed E-state index contributed by atoms with van der Waals surface area (Å²) in [4.78, 5) is 64.6. The standard InChI is InChI=1S/C38H42F3NO15/c1-14-34(57-25-11-22(52-6)35(15(2)54-25)55-17(4)44)20(42-36(49)38(39,40)41)10-24(53-14)56-23-13-37(50,16(3)43)12-19-27(23)33(48)29-28(31(19)46)30(45)18-8-7-9-21(51-5)26(18)32(29)47/h7-9,14-15,20,22-25,34-35,46,48,50H,10-13H2,1-6H3,(H,42,49)/t14?,15?,20?,22?,23-,24?,25?,34?,35?,37-/m0/s1. The second kappa shape index (κ2) is 15.6. The Labute approximate surface area is 323 Å². The zero-order valence-electron chi connectivity index (χ0n) is 31.6. The van der Waals surface area contributed by atoms with Crippen molar-refractivity contribution in [2.45, 2.75) is 120 Å². The first-order valence-electron chi connectivity index (χ1n) is 18.0. The summed E-state index contributed by atoms with van der Waals surface area (Å²) in [5.41, 5.74) is -4.31. The van der Waals surface area contributed by atoms with Crippen molar-refractivity contribution in [2.24, 2.45) is 0 Å². The van der Waals surface area contributed by atoms with Crippen LogP contribution >= 0.6 is 0 Å². The number of phenolic OH excluding ortho intramolecular Hbond substituents is 2. The van der Waals surface area contributed by atoms with Crippen molar-refractivity contribution in [1.82, 2.24) is 5.32 Å². The minimum Gasteiger partial charge on any atom is -0.507 e. The summed E-state index contributed by atoms with van der Waals surface area (Å²) in [6.07, 6.45) is -16.2. The first-order chi connectivity index (χ1) is 26.7. The van der Waals surface area contributed by atoms with Gasteiger partial charge in [0, 0.05) is 56.4 Å². The number of esters is 1. The molecule has 4 aliphatic rings. The van der Waals surface area contributed by atoms with Gasteiger partial charge in [-0.05, 0) is 26.8 Å². The molecule has 2 aliphatic carbocycles. The topological polar surface area (TPSA) is 223 Å². The Hall–Kier alpha value is -4.66. The van der Waals surface area contributed by atoms with Gasteiger partial charge in [-0.15, -0.1) is 0 Å². The van der Waals surface area contributed by atoms with Gasteiger partial charge in [-0.1, -0.05) is 12.1 Å². The molecule has 310 valence electrons. The minimum absolute atomic E-state index is 0.00946. The highest BCUT2D eigenvalue weighted by molar-refractivity contribution is 6.31. The molecule has 2 aromatic carbocycles. The van der Waals surface area contributed by atoms with E-state index in [4.69, 9.17) is 33.2 Å². The summed E-state index contributed by atoms with van der Waals surface area (Å²) in [6, 6.07) is 2.72. The lowest BCUT2D eigenvalue weighted by Crippen LogP contribution is -2.60. The Morgan fingerprint density at radius 3 is 2.12 bits per heavy atom. The van der Waals surface area contributed by atoms with E-state index in [-0.39, 0.29) is 34.4 Å². The maximum absolute atomic E-state index is 14.0. The van der Waals surface area contributed by atoms with E-state index in [1.54, 1.807) is 6.92 Å². The number of phenols is 2. The van der Waals surface area contributed by atoms with Crippen LogP contribution in [0.15, 0.2) is 18.2 Å². The third-order valence-corrected chi connectivity index (χ3v) is 10.8. The SMILES string of the molecule is COc1cccc2c1C(=O)c1c(O)c3c(c(O)c1C2=O)C[C@@](O)(C(C)=O)C[C@@H]3OC1CC(NC(=O)C(F)(F)F)C(OC2CC(OC)C(OC(C)=O)C(C)O2)C(C)O1. The number of nitrogens with one attached hydrogen (secondary N) is 1. The van der Waals surface area contributed by atoms with Gasteiger partial charge in [0.1, 0.15) is 35.1 Å². The largest absolute Gasteiger partial charge is 0.507 e. The number of aromatic hydroxyl groups is 2. The molecule has 57 heavy (non-hydrogen) atoms. The molecule has 16 nitrogen and oxygen atoms in total. The van der Waals surface area contributed by atoms with Crippen molar-refractivity contribution in [1.29, 1.82) is 0 Å². The van der Waals surface area contributed by atoms with Gasteiger partial charge in [-0.3, -0.25) is 24.0 Å². The average Bonchev–Trinajstić information content (AvgIpc) is 3.13. The molecule has 8 unspecified atom stereocenters. The Balaban J connectivity index is 1.35. The van der Waals surface area contributed by atoms with E-state index in [2.05, 4.69) is 0 Å². The molecule has 2 saturated heterocycles. The maximum atomic E-state index is 14.0. The van der Waals surface area contributed by atoms with Crippen LogP contribution in [-0.2, 0) is 49.2 Å². The van der Waals surface area contributed by atoms with Gasteiger partial charge >= 0.3 is 18.1 Å². The van der Waals surface area contributed by atoms with Crippen molar-refractivity contribution in [3.63, 3.8) is 0 Å². The van der Waals surface area contributed by atoms with Gasteiger partial charge in [-0.2, -0.15) is 13.2 Å². The molecule has 0 radical (unpaired) electrons. The van der Waals surface area contributed by atoms with Crippen molar-refractivity contribution in [3.05, 3.63) is 51.6 Å². The number of amides is 1. The van der Waals surface area contributed by atoms with E-state index in [1.165, 1.54) is 46.3 Å².